The minimum atomic E-state index is 0.477. The molecule has 1 fully saturated rings. The van der Waals surface area contributed by atoms with Crippen LogP contribution in [-0.4, -0.2) is 34.1 Å². The smallest absolute Gasteiger partial charge is 0.126 e. The fourth-order valence-electron chi connectivity index (χ4n) is 3.43. The molecule has 3 aromatic rings. The van der Waals surface area contributed by atoms with Gasteiger partial charge in [0.15, 0.2) is 0 Å². The molecule has 0 aliphatic carbocycles. The summed E-state index contributed by atoms with van der Waals surface area (Å²) >= 11 is 0. The summed E-state index contributed by atoms with van der Waals surface area (Å²) in [4.78, 5) is 13.4. The standard InChI is InChI=1S/C22H26N6/c1-16-14-25-22(27-18-7-11-24-12-8-18)13-19(16)20-3-2-4-21(28-20)26-15-17-5-9-23-10-6-17/h2-6,9-10,13-14,18,24H,7-8,11-12,15H2,1H3,(H,25,27)(H,26,28). The van der Waals surface area contributed by atoms with Crippen molar-refractivity contribution >= 4 is 11.6 Å². The topological polar surface area (TPSA) is 74.8 Å². The minimum absolute atomic E-state index is 0.477. The number of rotatable bonds is 6. The Morgan fingerprint density at radius 2 is 1.89 bits per heavy atom. The molecule has 0 amide bonds. The zero-order valence-corrected chi connectivity index (χ0v) is 16.2. The quantitative estimate of drug-likeness (QED) is 0.612. The van der Waals surface area contributed by atoms with Crippen LogP contribution in [0.15, 0.2) is 55.0 Å². The van der Waals surface area contributed by atoms with Gasteiger partial charge in [-0.2, -0.15) is 0 Å². The maximum Gasteiger partial charge on any atom is 0.126 e. The molecular weight excluding hydrogens is 348 g/mol. The third-order valence-corrected chi connectivity index (χ3v) is 5.04. The summed E-state index contributed by atoms with van der Waals surface area (Å²) in [6, 6.07) is 12.7. The van der Waals surface area contributed by atoms with Gasteiger partial charge in [-0.15, -0.1) is 0 Å². The van der Waals surface area contributed by atoms with E-state index in [1.165, 1.54) is 5.56 Å². The molecule has 1 saturated heterocycles. The van der Waals surface area contributed by atoms with E-state index >= 15 is 0 Å². The van der Waals surface area contributed by atoms with Crippen molar-refractivity contribution in [1.29, 1.82) is 0 Å². The Morgan fingerprint density at radius 1 is 1.07 bits per heavy atom. The van der Waals surface area contributed by atoms with E-state index in [0.29, 0.717) is 6.04 Å². The monoisotopic (exact) mass is 374 g/mol. The van der Waals surface area contributed by atoms with E-state index in [9.17, 15) is 0 Å². The van der Waals surface area contributed by atoms with Gasteiger partial charge in [0.25, 0.3) is 0 Å². The van der Waals surface area contributed by atoms with Gasteiger partial charge in [0.05, 0.1) is 5.69 Å². The Labute approximate surface area is 165 Å². The van der Waals surface area contributed by atoms with Gasteiger partial charge in [-0.05, 0) is 74.3 Å². The van der Waals surface area contributed by atoms with Crippen molar-refractivity contribution in [2.45, 2.75) is 32.4 Å². The lowest BCUT2D eigenvalue weighted by atomic mass is 10.1. The molecule has 4 heterocycles. The second-order valence-electron chi connectivity index (χ2n) is 7.17. The number of hydrogen-bond donors (Lipinski definition) is 3. The molecule has 0 atom stereocenters. The SMILES string of the molecule is Cc1cnc(NC2CCNCC2)cc1-c1cccc(NCc2ccncc2)n1. The lowest BCUT2D eigenvalue weighted by Gasteiger charge is -2.24. The van der Waals surface area contributed by atoms with Crippen LogP contribution in [0.2, 0.25) is 0 Å². The molecule has 0 aromatic carbocycles. The Balaban J connectivity index is 1.50. The van der Waals surface area contributed by atoms with Crippen LogP contribution in [0.25, 0.3) is 11.3 Å². The summed E-state index contributed by atoms with van der Waals surface area (Å²) in [7, 11) is 0. The van der Waals surface area contributed by atoms with E-state index in [4.69, 9.17) is 4.98 Å². The van der Waals surface area contributed by atoms with Crippen LogP contribution in [0.4, 0.5) is 11.6 Å². The molecule has 3 N–H and O–H groups in total. The Bertz CT molecular complexity index is 906. The van der Waals surface area contributed by atoms with Crippen LogP contribution in [0.5, 0.6) is 0 Å². The van der Waals surface area contributed by atoms with Gasteiger partial charge in [0.2, 0.25) is 0 Å². The van der Waals surface area contributed by atoms with Gasteiger partial charge >= 0.3 is 0 Å². The predicted molar refractivity (Wildman–Crippen MR) is 113 cm³/mol. The van der Waals surface area contributed by atoms with Crippen molar-refractivity contribution in [3.63, 3.8) is 0 Å². The second kappa shape index (κ2) is 8.80. The van der Waals surface area contributed by atoms with E-state index in [0.717, 1.165) is 60.9 Å². The van der Waals surface area contributed by atoms with E-state index in [1.54, 1.807) is 12.4 Å². The highest BCUT2D eigenvalue weighted by Gasteiger charge is 2.14. The lowest BCUT2D eigenvalue weighted by molar-refractivity contribution is 0.478. The first-order valence-electron chi connectivity index (χ1n) is 9.82. The molecule has 4 rings (SSSR count). The first-order chi connectivity index (χ1) is 13.8. The Kier molecular flexibility index (Phi) is 5.77. The maximum absolute atomic E-state index is 4.81. The van der Waals surface area contributed by atoms with Crippen molar-refractivity contribution in [3.8, 4) is 11.3 Å². The molecule has 0 spiro atoms. The fourth-order valence-corrected chi connectivity index (χ4v) is 3.43. The van der Waals surface area contributed by atoms with E-state index in [-0.39, 0.29) is 0 Å². The van der Waals surface area contributed by atoms with Gasteiger partial charge in [-0.1, -0.05) is 6.07 Å². The highest BCUT2D eigenvalue weighted by atomic mass is 15.0. The average Bonchev–Trinajstić information content (AvgIpc) is 2.75. The van der Waals surface area contributed by atoms with E-state index in [1.807, 2.05) is 36.5 Å². The van der Waals surface area contributed by atoms with Crippen LogP contribution < -0.4 is 16.0 Å². The van der Waals surface area contributed by atoms with Crippen LogP contribution >= 0.6 is 0 Å². The fraction of sp³-hybridized carbons (Fsp3) is 0.318. The molecule has 1 aliphatic rings. The summed E-state index contributed by atoms with van der Waals surface area (Å²) in [5.74, 6) is 1.78. The van der Waals surface area contributed by atoms with Crippen molar-refractivity contribution in [2.75, 3.05) is 23.7 Å². The highest BCUT2D eigenvalue weighted by Crippen LogP contribution is 2.25. The van der Waals surface area contributed by atoms with Crippen molar-refractivity contribution in [1.82, 2.24) is 20.3 Å². The molecule has 28 heavy (non-hydrogen) atoms. The van der Waals surface area contributed by atoms with Crippen LogP contribution in [-0.2, 0) is 6.54 Å². The maximum atomic E-state index is 4.81. The van der Waals surface area contributed by atoms with E-state index in [2.05, 4.69) is 38.9 Å². The number of nitrogens with one attached hydrogen (secondary N) is 3. The molecule has 0 unspecified atom stereocenters. The normalized spacial score (nSPS) is 14.6. The summed E-state index contributed by atoms with van der Waals surface area (Å²) in [6.07, 6.45) is 7.78. The third kappa shape index (κ3) is 4.64. The zero-order chi connectivity index (χ0) is 19.2. The van der Waals surface area contributed by atoms with Crippen LogP contribution in [0.3, 0.4) is 0 Å². The predicted octanol–water partition coefficient (Wildman–Crippen LogP) is 3.62. The first kappa shape index (κ1) is 18.4. The van der Waals surface area contributed by atoms with E-state index < -0.39 is 0 Å². The summed E-state index contributed by atoms with van der Waals surface area (Å²) in [5.41, 5.74) is 4.36. The number of hydrogen-bond acceptors (Lipinski definition) is 6. The molecule has 6 nitrogen and oxygen atoms in total. The van der Waals surface area contributed by atoms with Gasteiger partial charge in [-0.25, -0.2) is 9.97 Å². The minimum Gasteiger partial charge on any atom is -0.367 e. The molecule has 1 aliphatic heterocycles. The summed E-state index contributed by atoms with van der Waals surface area (Å²) < 4.78 is 0. The van der Waals surface area contributed by atoms with Crippen molar-refractivity contribution in [2.24, 2.45) is 0 Å². The van der Waals surface area contributed by atoms with Crippen LogP contribution in [0, 0.1) is 6.92 Å². The number of piperidine rings is 1. The van der Waals surface area contributed by atoms with Crippen molar-refractivity contribution in [3.05, 3.63) is 66.1 Å². The molecular formula is C22H26N6. The average molecular weight is 374 g/mol. The van der Waals surface area contributed by atoms with Gasteiger partial charge < -0.3 is 16.0 Å². The molecule has 0 bridgehead atoms. The van der Waals surface area contributed by atoms with Gasteiger partial charge in [-0.3, -0.25) is 4.98 Å². The molecule has 3 aromatic heterocycles. The third-order valence-electron chi connectivity index (χ3n) is 5.04. The largest absolute Gasteiger partial charge is 0.367 e. The Hall–Kier alpha value is -2.99. The van der Waals surface area contributed by atoms with Crippen molar-refractivity contribution < 1.29 is 0 Å². The lowest BCUT2D eigenvalue weighted by Crippen LogP contribution is -2.35. The molecule has 144 valence electrons. The first-order valence-corrected chi connectivity index (χ1v) is 9.82. The summed E-state index contributed by atoms with van der Waals surface area (Å²) in [6.45, 7) is 4.92. The molecule has 0 saturated carbocycles. The number of aryl methyl sites for hydroxylation is 1. The number of nitrogens with zero attached hydrogens (tertiary/aromatic N) is 3. The Morgan fingerprint density at radius 3 is 2.71 bits per heavy atom. The van der Waals surface area contributed by atoms with Gasteiger partial charge in [0.1, 0.15) is 11.6 Å². The van der Waals surface area contributed by atoms with Gasteiger partial charge in [0, 0.05) is 36.7 Å². The summed E-state index contributed by atoms with van der Waals surface area (Å²) in [5, 5.41) is 10.4. The second-order valence-corrected chi connectivity index (χ2v) is 7.17. The number of pyridine rings is 3. The number of aromatic nitrogens is 3. The molecule has 0 radical (unpaired) electrons. The number of anilines is 2. The molecule has 6 heteroatoms. The van der Waals surface area contributed by atoms with Crippen LogP contribution in [0.1, 0.15) is 24.0 Å². The zero-order valence-electron chi connectivity index (χ0n) is 16.2. The highest BCUT2D eigenvalue weighted by molar-refractivity contribution is 5.68.